The average Bonchev–Trinajstić information content (AvgIpc) is 3.28. The first-order valence-electron chi connectivity index (χ1n) is 23.6. The number of aromatic hydroxyl groups is 7. The minimum atomic E-state index is -0.424. The highest BCUT2D eigenvalue weighted by atomic mass is 16.3. The lowest BCUT2D eigenvalue weighted by atomic mass is 9.78. The van der Waals surface area contributed by atoms with Crippen LogP contribution < -0.4 is 0 Å². The van der Waals surface area contributed by atoms with Crippen LogP contribution in [0.3, 0.4) is 0 Å². The van der Waals surface area contributed by atoms with E-state index in [0.717, 1.165) is 115 Å². The molecule has 0 radical (unpaired) electrons. The quantitative estimate of drug-likeness (QED) is 0.0641. The summed E-state index contributed by atoms with van der Waals surface area (Å²) in [5.41, 5.74) is 16.1. The van der Waals surface area contributed by atoms with Crippen LogP contribution in [0.5, 0.6) is 40.2 Å². The number of hydrogen-bond acceptors (Lipinski definition) is 7. The van der Waals surface area contributed by atoms with Crippen LogP contribution in [0, 0.1) is 55.4 Å². The molecule has 1 fully saturated rings. The van der Waals surface area contributed by atoms with Gasteiger partial charge in [0.25, 0.3) is 0 Å². The summed E-state index contributed by atoms with van der Waals surface area (Å²) in [7, 11) is 0. The van der Waals surface area contributed by atoms with Crippen LogP contribution >= 0.6 is 0 Å². The molecule has 0 aromatic heterocycles. The Morgan fingerprint density at radius 3 is 1.01 bits per heavy atom. The normalized spacial score (nSPS) is 13.2. The number of phenolic OH excluding ortho intramolecular Hbond substituents is 7. The number of rotatable bonds is 11. The molecule has 7 N–H and O–H groups in total. The minimum absolute atomic E-state index is 0.127. The van der Waals surface area contributed by atoms with E-state index < -0.39 is 11.8 Å². The number of hydrogen-bond donors (Lipinski definition) is 7. The van der Waals surface area contributed by atoms with Gasteiger partial charge in [-0.3, -0.25) is 0 Å². The van der Waals surface area contributed by atoms with Gasteiger partial charge in [0.1, 0.15) is 40.2 Å². The van der Waals surface area contributed by atoms with Gasteiger partial charge in [-0.15, -0.1) is 0 Å². The van der Waals surface area contributed by atoms with Crippen molar-refractivity contribution in [2.75, 3.05) is 0 Å². The van der Waals surface area contributed by atoms with Crippen LogP contribution in [0.2, 0.25) is 0 Å². The maximum Gasteiger partial charge on any atom is 0.122 e. The van der Waals surface area contributed by atoms with Gasteiger partial charge >= 0.3 is 0 Å². The maximum atomic E-state index is 12.4. The minimum Gasteiger partial charge on any atom is -0.508 e. The molecule has 7 heteroatoms. The van der Waals surface area contributed by atoms with E-state index in [-0.39, 0.29) is 40.2 Å². The Morgan fingerprint density at radius 1 is 0.358 bits per heavy atom. The van der Waals surface area contributed by atoms with Crippen LogP contribution in [0.1, 0.15) is 156 Å². The van der Waals surface area contributed by atoms with Crippen molar-refractivity contribution in [2.24, 2.45) is 0 Å². The summed E-state index contributed by atoms with van der Waals surface area (Å²) < 4.78 is 0. The molecule has 0 heterocycles. The molecule has 346 valence electrons. The van der Waals surface area contributed by atoms with Crippen molar-refractivity contribution in [1.82, 2.24) is 0 Å². The highest BCUT2D eigenvalue weighted by molar-refractivity contribution is 5.60. The van der Waals surface area contributed by atoms with Gasteiger partial charge in [0.15, 0.2) is 0 Å². The molecular weight excluding hydrogens is 833 g/mol. The summed E-state index contributed by atoms with van der Waals surface area (Å²) in [6, 6.07) is 30.7. The second-order valence-electron chi connectivity index (χ2n) is 19.5. The molecule has 8 rings (SSSR count). The van der Waals surface area contributed by atoms with E-state index in [4.69, 9.17) is 0 Å². The van der Waals surface area contributed by atoms with Crippen molar-refractivity contribution >= 4 is 0 Å². The molecule has 0 bridgehead atoms. The van der Waals surface area contributed by atoms with Crippen LogP contribution in [0.4, 0.5) is 0 Å². The fraction of sp³-hybridized carbons (Fsp3) is 0.300. The number of benzene rings is 7. The molecule has 0 saturated heterocycles. The summed E-state index contributed by atoms with van der Waals surface area (Å²) in [4.78, 5) is 0. The Morgan fingerprint density at radius 2 is 0.687 bits per heavy atom. The molecule has 7 aromatic carbocycles. The number of aryl methyl sites for hydroxylation is 8. The lowest BCUT2D eigenvalue weighted by molar-refractivity contribution is 0.439. The first-order chi connectivity index (χ1) is 31.9. The molecule has 0 amide bonds. The van der Waals surface area contributed by atoms with Gasteiger partial charge in [-0.05, 0) is 205 Å². The summed E-state index contributed by atoms with van der Waals surface area (Å²) in [6.07, 6.45) is 6.48. The largest absolute Gasteiger partial charge is 0.508 e. The van der Waals surface area contributed by atoms with Gasteiger partial charge in [0.2, 0.25) is 0 Å². The van der Waals surface area contributed by atoms with Crippen LogP contribution in [-0.4, -0.2) is 35.7 Å². The molecule has 1 aliphatic rings. The Kier molecular flexibility index (Phi) is 13.1. The Balaban J connectivity index is 1.23. The molecule has 0 aliphatic heterocycles. The predicted molar refractivity (Wildman–Crippen MR) is 268 cm³/mol. The zero-order chi connectivity index (χ0) is 48.0. The first kappa shape index (κ1) is 46.7. The summed E-state index contributed by atoms with van der Waals surface area (Å²) >= 11 is 0. The molecule has 0 atom stereocenters. The van der Waals surface area contributed by atoms with E-state index in [1.54, 1.807) is 36.4 Å². The fourth-order valence-corrected chi connectivity index (χ4v) is 10.6. The standard InChI is InChI=1S/C60H64O7/c1-32-22-54(63)36(5)18-46(32)58(47-19-37(6)55(64)23-33(47)2)50-28-40(14-16-52(50)61)26-44-30-43(42-12-10-9-11-13-42)31-45(60(44)67)27-41-15-17-53(62)51(29-41)59(48-20-38(7)56(65)24-34(48)3)49-21-39(8)57(66)25-35(49)4/h14-25,28-31,42,58-59,61-67H,9-13,26-27H2,1-8H3. The van der Waals surface area contributed by atoms with E-state index in [9.17, 15) is 35.7 Å². The summed E-state index contributed by atoms with van der Waals surface area (Å²) in [5, 5.41) is 78.5. The Hall–Kier alpha value is -6.86. The smallest absolute Gasteiger partial charge is 0.122 e. The Labute approximate surface area is 395 Å². The van der Waals surface area contributed by atoms with E-state index in [1.165, 1.54) is 12.0 Å². The monoisotopic (exact) mass is 896 g/mol. The first-order valence-corrected chi connectivity index (χ1v) is 23.6. The highest BCUT2D eigenvalue weighted by Gasteiger charge is 2.28. The molecular formula is C60H64O7. The second-order valence-corrected chi connectivity index (χ2v) is 19.5. The second kappa shape index (κ2) is 18.8. The van der Waals surface area contributed by atoms with Gasteiger partial charge in [0, 0.05) is 35.8 Å². The van der Waals surface area contributed by atoms with E-state index >= 15 is 0 Å². The highest BCUT2D eigenvalue weighted by Crippen LogP contribution is 2.46. The third-order valence-electron chi connectivity index (χ3n) is 14.5. The third kappa shape index (κ3) is 9.42. The van der Waals surface area contributed by atoms with E-state index in [1.807, 2.05) is 104 Å². The fourth-order valence-electron chi connectivity index (χ4n) is 10.6. The van der Waals surface area contributed by atoms with E-state index in [0.29, 0.717) is 29.9 Å². The van der Waals surface area contributed by atoms with Gasteiger partial charge in [-0.2, -0.15) is 0 Å². The molecule has 0 unspecified atom stereocenters. The van der Waals surface area contributed by atoms with Crippen LogP contribution in [0.25, 0.3) is 0 Å². The average molecular weight is 897 g/mol. The topological polar surface area (TPSA) is 142 Å². The molecule has 67 heavy (non-hydrogen) atoms. The van der Waals surface area contributed by atoms with Gasteiger partial charge < -0.3 is 35.7 Å². The van der Waals surface area contributed by atoms with Gasteiger partial charge in [-0.1, -0.05) is 79.9 Å². The van der Waals surface area contributed by atoms with Crippen LogP contribution in [0.15, 0.2) is 97.1 Å². The summed E-state index contributed by atoms with van der Waals surface area (Å²) in [5.74, 6) is 0.783. The molecule has 1 aliphatic carbocycles. The third-order valence-corrected chi connectivity index (χ3v) is 14.5. The zero-order valence-electron chi connectivity index (χ0n) is 40.0. The van der Waals surface area contributed by atoms with Crippen molar-refractivity contribution in [3.63, 3.8) is 0 Å². The molecule has 1 saturated carbocycles. The lowest BCUT2D eigenvalue weighted by Gasteiger charge is -2.26. The SMILES string of the molecule is Cc1cc(C(c2cc(C)c(O)cc2C)c2cc(Cc3cc(C4CCCCC4)cc(Cc4ccc(O)c(C(c5cc(C)c(O)cc5C)c5cc(C)c(O)cc5C)c4)c3O)ccc2O)c(C)cc1O. The van der Waals surface area contributed by atoms with Crippen molar-refractivity contribution in [3.05, 3.63) is 203 Å². The Bertz CT molecular complexity index is 2720. The predicted octanol–water partition coefficient (Wildman–Crippen LogP) is 13.7. The maximum absolute atomic E-state index is 12.4. The molecule has 0 spiro atoms. The van der Waals surface area contributed by atoms with Crippen molar-refractivity contribution in [2.45, 2.75) is 118 Å². The summed E-state index contributed by atoms with van der Waals surface area (Å²) in [6.45, 7) is 15.3. The van der Waals surface area contributed by atoms with Crippen LogP contribution in [-0.2, 0) is 12.8 Å². The van der Waals surface area contributed by atoms with Gasteiger partial charge in [-0.25, -0.2) is 0 Å². The lowest BCUT2D eigenvalue weighted by Crippen LogP contribution is -2.10. The number of phenols is 7. The molecule has 7 aromatic rings. The van der Waals surface area contributed by atoms with Crippen molar-refractivity contribution in [3.8, 4) is 40.2 Å². The van der Waals surface area contributed by atoms with E-state index in [2.05, 4.69) is 12.1 Å². The van der Waals surface area contributed by atoms with Crippen molar-refractivity contribution < 1.29 is 35.7 Å². The molecule has 7 nitrogen and oxygen atoms in total. The zero-order valence-corrected chi connectivity index (χ0v) is 40.0. The van der Waals surface area contributed by atoms with Crippen molar-refractivity contribution in [1.29, 1.82) is 0 Å². The van der Waals surface area contributed by atoms with Gasteiger partial charge in [0.05, 0.1) is 0 Å².